The number of fused-ring (bicyclic) bond motifs is 1. The summed E-state index contributed by atoms with van der Waals surface area (Å²) < 4.78 is 6.11. The molecule has 2 aromatic carbocycles. The van der Waals surface area contributed by atoms with Crippen LogP contribution in [0.5, 0.6) is 0 Å². The second kappa shape index (κ2) is 14.1. The Morgan fingerprint density at radius 1 is 1.00 bits per heavy atom. The summed E-state index contributed by atoms with van der Waals surface area (Å²) in [7, 11) is 3.34. The number of nitrogens with one attached hydrogen (secondary N) is 3. The van der Waals surface area contributed by atoms with Crippen molar-refractivity contribution >= 4 is 17.7 Å². The molecule has 0 aliphatic heterocycles. The molecule has 206 valence electrons. The molecular weight excluding hydrogens is 480 g/mol. The van der Waals surface area contributed by atoms with Crippen LogP contribution in [0.2, 0.25) is 0 Å². The van der Waals surface area contributed by atoms with Crippen LogP contribution in [0, 0.1) is 5.92 Å². The van der Waals surface area contributed by atoms with Gasteiger partial charge in [0.15, 0.2) is 6.10 Å². The highest BCUT2D eigenvalue weighted by molar-refractivity contribution is 5.90. The quantitative estimate of drug-likeness (QED) is 0.398. The van der Waals surface area contributed by atoms with Crippen LogP contribution >= 0.6 is 0 Å². The molecule has 0 radical (unpaired) electrons. The summed E-state index contributed by atoms with van der Waals surface area (Å²) in [5, 5.41) is 8.93. The van der Waals surface area contributed by atoms with Gasteiger partial charge in [-0.15, -0.1) is 0 Å². The van der Waals surface area contributed by atoms with Crippen LogP contribution in [0.3, 0.4) is 0 Å². The second-order valence-corrected chi connectivity index (χ2v) is 10.4. The Kier molecular flexibility index (Phi) is 10.9. The number of benzene rings is 2. The molecule has 0 saturated carbocycles. The Balaban J connectivity index is 1.74. The van der Waals surface area contributed by atoms with E-state index in [4.69, 9.17) is 4.74 Å². The fourth-order valence-electron chi connectivity index (χ4n) is 4.65. The number of aryl methyl sites for hydroxylation is 1. The van der Waals surface area contributed by atoms with Crippen LogP contribution in [-0.4, -0.2) is 61.4 Å². The monoisotopic (exact) mass is 522 g/mol. The molecular formula is C30H42N4O4. The normalized spacial score (nSPS) is 17.2. The van der Waals surface area contributed by atoms with Crippen molar-refractivity contribution < 1.29 is 19.1 Å². The Morgan fingerprint density at radius 3 is 2.37 bits per heavy atom. The van der Waals surface area contributed by atoms with Crippen molar-refractivity contribution in [1.82, 2.24) is 20.9 Å². The number of rotatable bonds is 12. The maximum atomic E-state index is 13.6. The third kappa shape index (κ3) is 7.88. The smallest absolute Gasteiger partial charge is 0.251 e. The molecule has 8 nitrogen and oxygen atoms in total. The number of amides is 3. The number of carbonyl (C=O) groups excluding carboxylic acids is 3. The SMILES string of the molecule is CNC(C)C(=O)NC(C(=O)N(C)CC(OCc1ccccc1)C(=O)NC1CCCc2ccccc21)C(C)C. The number of hydrogen-bond acceptors (Lipinski definition) is 5. The standard InChI is InChI=1S/C30H42N4O4/c1-20(2)27(33-28(35)21(3)31-4)30(37)34(5)18-26(38-19-22-12-7-6-8-13-22)29(36)32-25-17-11-15-23-14-9-10-16-24(23)25/h6-10,12-14,16,20-21,25-27,31H,11,15,17-19H2,1-5H3,(H,32,36)(H,33,35). The van der Waals surface area contributed by atoms with Crippen molar-refractivity contribution in [2.24, 2.45) is 5.92 Å². The summed E-state index contributed by atoms with van der Waals surface area (Å²) in [6, 6.07) is 16.6. The fourth-order valence-corrected chi connectivity index (χ4v) is 4.65. The van der Waals surface area contributed by atoms with Gasteiger partial charge in [-0.05, 0) is 55.8 Å². The van der Waals surface area contributed by atoms with E-state index in [0.29, 0.717) is 0 Å². The maximum absolute atomic E-state index is 13.6. The van der Waals surface area contributed by atoms with Gasteiger partial charge in [-0.3, -0.25) is 14.4 Å². The first-order chi connectivity index (χ1) is 18.2. The first kappa shape index (κ1) is 29.3. The first-order valence-electron chi connectivity index (χ1n) is 13.5. The molecule has 0 fully saturated rings. The van der Waals surface area contributed by atoms with Crippen LogP contribution in [0.4, 0.5) is 0 Å². The molecule has 3 amide bonds. The zero-order valence-corrected chi connectivity index (χ0v) is 23.2. The summed E-state index contributed by atoms with van der Waals surface area (Å²) in [6.07, 6.45) is 1.98. The van der Waals surface area contributed by atoms with Crippen LogP contribution in [0.15, 0.2) is 54.6 Å². The van der Waals surface area contributed by atoms with Crippen molar-refractivity contribution in [1.29, 1.82) is 0 Å². The van der Waals surface area contributed by atoms with Gasteiger partial charge in [-0.2, -0.15) is 0 Å². The van der Waals surface area contributed by atoms with Crippen LogP contribution in [-0.2, 0) is 32.1 Å². The van der Waals surface area contributed by atoms with Crippen LogP contribution < -0.4 is 16.0 Å². The van der Waals surface area contributed by atoms with Gasteiger partial charge in [0.2, 0.25) is 11.8 Å². The number of nitrogens with zero attached hydrogens (tertiary/aromatic N) is 1. The van der Waals surface area contributed by atoms with Crippen molar-refractivity contribution in [2.45, 2.75) is 70.9 Å². The Bertz CT molecular complexity index is 1070. The van der Waals surface area contributed by atoms with Gasteiger partial charge in [-0.1, -0.05) is 68.4 Å². The molecule has 4 atom stereocenters. The minimum atomic E-state index is -0.877. The summed E-state index contributed by atoms with van der Waals surface area (Å²) in [6.45, 7) is 5.82. The Labute approximate surface area is 226 Å². The van der Waals surface area contributed by atoms with E-state index in [1.165, 1.54) is 10.5 Å². The molecule has 2 aromatic rings. The summed E-state index contributed by atoms with van der Waals surface area (Å²) in [4.78, 5) is 41.0. The molecule has 3 rings (SSSR count). The zero-order valence-electron chi connectivity index (χ0n) is 23.2. The molecule has 4 unspecified atom stereocenters. The summed E-state index contributed by atoms with van der Waals surface area (Å²) in [5.41, 5.74) is 3.33. The van der Waals surface area contributed by atoms with Gasteiger partial charge >= 0.3 is 0 Å². The van der Waals surface area contributed by atoms with Gasteiger partial charge in [0, 0.05) is 7.05 Å². The minimum absolute atomic E-state index is 0.0620. The van der Waals surface area contributed by atoms with Crippen LogP contribution in [0.25, 0.3) is 0 Å². The average Bonchev–Trinajstić information content (AvgIpc) is 2.93. The lowest BCUT2D eigenvalue weighted by Crippen LogP contribution is -2.55. The van der Waals surface area contributed by atoms with E-state index >= 15 is 0 Å². The van der Waals surface area contributed by atoms with E-state index in [1.807, 2.05) is 56.3 Å². The van der Waals surface area contributed by atoms with E-state index < -0.39 is 18.2 Å². The highest BCUT2D eigenvalue weighted by Gasteiger charge is 2.32. The van der Waals surface area contributed by atoms with Gasteiger partial charge < -0.3 is 25.6 Å². The van der Waals surface area contributed by atoms with Gasteiger partial charge in [0.25, 0.3) is 5.91 Å². The summed E-state index contributed by atoms with van der Waals surface area (Å²) >= 11 is 0. The highest BCUT2D eigenvalue weighted by atomic mass is 16.5. The molecule has 3 N–H and O–H groups in total. The first-order valence-corrected chi connectivity index (χ1v) is 13.5. The molecule has 1 aliphatic carbocycles. The molecule has 0 saturated heterocycles. The molecule has 0 heterocycles. The zero-order chi connectivity index (χ0) is 27.7. The second-order valence-electron chi connectivity index (χ2n) is 10.4. The van der Waals surface area contributed by atoms with E-state index in [1.54, 1.807) is 21.0 Å². The lowest BCUT2D eigenvalue weighted by Gasteiger charge is -2.31. The highest BCUT2D eigenvalue weighted by Crippen LogP contribution is 2.29. The molecule has 0 aromatic heterocycles. The van der Waals surface area contributed by atoms with E-state index in [0.717, 1.165) is 30.4 Å². The largest absolute Gasteiger partial charge is 0.362 e. The average molecular weight is 523 g/mol. The van der Waals surface area contributed by atoms with Crippen molar-refractivity contribution in [3.63, 3.8) is 0 Å². The molecule has 0 bridgehead atoms. The molecule has 8 heteroatoms. The lowest BCUT2D eigenvalue weighted by molar-refractivity contribution is -0.143. The summed E-state index contributed by atoms with van der Waals surface area (Å²) in [5.74, 6) is -0.898. The molecule has 38 heavy (non-hydrogen) atoms. The third-order valence-electron chi connectivity index (χ3n) is 7.15. The number of carbonyl (C=O) groups is 3. The predicted octanol–water partition coefficient (Wildman–Crippen LogP) is 2.97. The van der Waals surface area contributed by atoms with Crippen LogP contribution in [0.1, 0.15) is 56.3 Å². The van der Waals surface area contributed by atoms with E-state index in [9.17, 15) is 14.4 Å². The van der Waals surface area contributed by atoms with Crippen molar-refractivity contribution in [2.75, 3.05) is 20.6 Å². The number of ether oxygens (including phenoxy) is 1. The lowest BCUT2D eigenvalue weighted by atomic mass is 9.87. The predicted molar refractivity (Wildman–Crippen MR) is 148 cm³/mol. The van der Waals surface area contributed by atoms with E-state index in [-0.39, 0.29) is 42.8 Å². The third-order valence-corrected chi connectivity index (χ3v) is 7.15. The van der Waals surface area contributed by atoms with Crippen molar-refractivity contribution in [3.8, 4) is 0 Å². The van der Waals surface area contributed by atoms with Gasteiger partial charge in [0.1, 0.15) is 6.04 Å². The Morgan fingerprint density at radius 2 is 1.68 bits per heavy atom. The maximum Gasteiger partial charge on any atom is 0.251 e. The number of likely N-dealkylation sites (N-methyl/N-ethyl adjacent to an activating group) is 2. The van der Waals surface area contributed by atoms with E-state index in [2.05, 4.69) is 28.1 Å². The fraction of sp³-hybridized carbons (Fsp3) is 0.500. The van der Waals surface area contributed by atoms with Gasteiger partial charge in [-0.25, -0.2) is 0 Å². The topological polar surface area (TPSA) is 99.8 Å². The minimum Gasteiger partial charge on any atom is -0.362 e. The molecule has 0 spiro atoms. The van der Waals surface area contributed by atoms with Crippen molar-refractivity contribution in [3.05, 3.63) is 71.3 Å². The Hall–Kier alpha value is -3.23. The number of hydrogen-bond donors (Lipinski definition) is 3. The van der Waals surface area contributed by atoms with Gasteiger partial charge in [0.05, 0.1) is 25.2 Å². The molecule has 1 aliphatic rings.